The van der Waals surface area contributed by atoms with Gasteiger partial charge in [-0.15, -0.1) is 0 Å². The molecule has 1 aromatic heterocycles. The van der Waals surface area contributed by atoms with E-state index < -0.39 is 34.9 Å². The van der Waals surface area contributed by atoms with Crippen LogP contribution >= 0.6 is 0 Å². The fraction of sp³-hybridized carbons (Fsp3) is 0.300. The molecule has 0 atom stereocenters. The van der Waals surface area contributed by atoms with Crippen LogP contribution < -0.4 is 10.7 Å². The predicted octanol–water partition coefficient (Wildman–Crippen LogP) is 0.184. The lowest BCUT2D eigenvalue weighted by Gasteiger charge is -2.10. The van der Waals surface area contributed by atoms with Gasteiger partial charge in [0.15, 0.2) is 5.78 Å². The van der Waals surface area contributed by atoms with Gasteiger partial charge in [0, 0.05) is 0 Å². The number of Topliss-reactive ketones (excluding diaryl/α,β-unsaturated/α-hetero) is 2. The first-order valence-corrected chi connectivity index (χ1v) is 4.26. The van der Waals surface area contributed by atoms with Crippen molar-refractivity contribution in [1.29, 1.82) is 0 Å². The molecular weight excluding hydrogens is 200 g/mol. The molecule has 0 spiro atoms. The number of rotatable bonds is 3. The van der Waals surface area contributed by atoms with Crippen LogP contribution in [0.25, 0.3) is 0 Å². The van der Waals surface area contributed by atoms with Crippen LogP contribution in [0.3, 0.4) is 0 Å². The molecule has 0 saturated carbocycles. The Balaban J connectivity index is 3.20. The van der Waals surface area contributed by atoms with E-state index in [1.54, 1.807) is 0 Å². The van der Waals surface area contributed by atoms with Crippen LogP contribution in [0.15, 0.2) is 15.3 Å². The van der Waals surface area contributed by atoms with Crippen LogP contribution in [-0.4, -0.2) is 11.6 Å². The molecule has 0 unspecified atom stereocenters. The predicted molar refractivity (Wildman–Crippen MR) is 48.8 cm³/mol. The number of carbonyl (C=O) groups excluding carboxylic acids is 2. The molecule has 1 heterocycles. The highest BCUT2D eigenvalue weighted by molar-refractivity contribution is 6.08. The first-order valence-electron chi connectivity index (χ1n) is 4.26. The summed E-state index contributed by atoms with van der Waals surface area (Å²) in [6.07, 6.45) is -0.455. The van der Waals surface area contributed by atoms with E-state index in [-0.39, 0.29) is 5.76 Å². The van der Waals surface area contributed by atoms with Gasteiger partial charge in [-0.3, -0.25) is 9.59 Å². The maximum absolute atomic E-state index is 11.3. The van der Waals surface area contributed by atoms with Gasteiger partial charge in [0.2, 0.25) is 0 Å². The second-order valence-corrected chi connectivity index (χ2v) is 3.19. The molecule has 1 aromatic rings. The molecule has 0 aliphatic rings. The Morgan fingerprint density at radius 1 is 1.47 bits per heavy atom. The molecule has 0 radical (unpaired) electrons. The Kier molecular flexibility index (Phi) is 3.04. The van der Waals surface area contributed by atoms with E-state index in [0.717, 1.165) is 6.07 Å². The zero-order valence-electron chi connectivity index (χ0n) is 8.33. The average molecular weight is 209 g/mol. The molecule has 0 saturated heterocycles. The zero-order chi connectivity index (χ0) is 11.6. The molecule has 0 N–H and O–H groups in total. The van der Waals surface area contributed by atoms with Crippen molar-refractivity contribution in [2.75, 3.05) is 0 Å². The van der Waals surface area contributed by atoms with Crippen LogP contribution in [0.5, 0.6) is 5.75 Å². The van der Waals surface area contributed by atoms with Gasteiger partial charge >= 0.3 is 5.63 Å². The maximum Gasteiger partial charge on any atom is 0.346 e. The van der Waals surface area contributed by atoms with E-state index in [1.165, 1.54) is 13.8 Å². The van der Waals surface area contributed by atoms with Crippen molar-refractivity contribution in [2.24, 2.45) is 0 Å². The standard InChI is InChI=1S/C10H10O5/c1-5(11)3-7(12)9-8(13)4-6(2)15-10(9)14/h4,13H,3H2,1-2H3/p-1. The van der Waals surface area contributed by atoms with Gasteiger partial charge in [0.05, 0.1) is 12.0 Å². The molecule has 1 rings (SSSR count). The minimum Gasteiger partial charge on any atom is -0.872 e. The largest absolute Gasteiger partial charge is 0.872 e. The zero-order valence-corrected chi connectivity index (χ0v) is 8.33. The molecule has 0 aromatic carbocycles. The van der Waals surface area contributed by atoms with E-state index in [0.29, 0.717) is 0 Å². The quantitative estimate of drug-likeness (QED) is 0.523. The topological polar surface area (TPSA) is 87.4 Å². The molecule has 5 nitrogen and oxygen atoms in total. The summed E-state index contributed by atoms with van der Waals surface area (Å²) in [6.45, 7) is 2.64. The van der Waals surface area contributed by atoms with Gasteiger partial charge in [0.25, 0.3) is 0 Å². The van der Waals surface area contributed by atoms with Crippen LogP contribution in [0, 0.1) is 6.92 Å². The summed E-state index contributed by atoms with van der Waals surface area (Å²) in [6, 6.07) is 1.05. The highest BCUT2D eigenvalue weighted by Gasteiger charge is 2.15. The number of hydrogen-bond donors (Lipinski definition) is 0. The SMILES string of the molecule is CC(=O)CC(=O)c1c([O-])cc(C)oc1=O. The van der Waals surface area contributed by atoms with E-state index in [2.05, 4.69) is 4.42 Å². The van der Waals surface area contributed by atoms with Crippen LogP contribution in [0.2, 0.25) is 0 Å². The average Bonchev–Trinajstić information content (AvgIpc) is 1.99. The summed E-state index contributed by atoms with van der Waals surface area (Å²) in [5.41, 5.74) is -1.55. The highest BCUT2D eigenvalue weighted by Crippen LogP contribution is 2.12. The molecule has 0 bridgehead atoms. The third-order valence-corrected chi connectivity index (χ3v) is 1.73. The second kappa shape index (κ2) is 4.08. The Labute approximate surface area is 85.3 Å². The second-order valence-electron chi connectivity index (χ2n) is 3.19. The van der Waals surface area contributed by atoms with Crippen molar-refractivity contribution in [3.63, 3.8) is 0 Å². The van der Waals surface area contributed by atoms with Crippen molar-refractivity contribution < 1.29 is 19.1 Å². The molecule has 80 valence electrons. The molecule has 0 aliphatic carbocycles. The van der Waals surface area contributed by atoms with Crippen molar-refractivity contribution in [3.05, 3.63) is 27.8 Å². The van der Waals surface area contributed by atoms with Gasteiger partial charge in [-0.1, -0.05) is 5.75 Å². The lowest BCUT2D eigenvalue weighted by molar-refractivity contribution is -0.269. The van der Waals surface area contributed by atoms with Crippen LogP contribution in [0.4, 0.5) is 0 Å². The number of aryl methyl sites for hydroxylation is 1. The summed E-state index contributed by atoms with van der Waals surface area (Å²) in [5, 5.41) is 11.3. The van der Waals surface area contributed by atoms with Crippen molar-refractivity contribution in [2.45, 2.75) is 20.3 Å². The highest BCUT2D eigenvalue weighted by atomic mass is 16.4. The molecular formula is C10H9O5-. The Morgan fingerprint density at radius 3 is 2.53 bits per heavy atom. The fourth-order valence-electron chi connectivity index (χ4n) is 1.15. The minimum atomic E-state index is -0.980. The van der Waals surface area contributed by atoms with Crippen molar-refractivity contribution in [1.82, 2.24) is 0 Å². The first-order chi connectivity index (χ1) is 6.91. The van der Waals surface area contributed by atoms with Crippen molar-refractivity contribution >= 4 is 11.6 Å². The van der Waals surface area contributed by atoms with Gasteiger partial charge in [-0.25, -0.2) is 4.79 Å². The van der Waals surface area contributed by atoms with Gasteiger partial charge in [-0.2, -0.15) is 0 Å². The fourth-order valence-corrected chi connectivity index (χ4v) is 1.15. The summed E-state index contributed by atoms with van der Waals surface area (Å²) in [5.74, 6) is -1.75. The lowest BCUT2D eigenvalue weighted by atomic mass is 10.1. The third kappa shape index (κ3) is 2.52. The molecule has 0 fully saturated rings. The number of ketones is 2. The maximum atomic E-state index is 11.3. The molecule has 5 heteroatoms. The van der Waals surface area contributed by atoms with Crippen molar-refractivity contribution in [3.8, 4) is 5.75 Å². The summed E-state index contributed by atoms with van der Waals surface area (Å²) >= 11 is 0. The normalized spacial score (nSPS) is 10.0. The smallest absolute Gasteiger partial charge is 0.346 e. The summed E-state index contributed by atoms with van der Waals surface area (Å²) in [4.78, 5) is 33.2. The van der Waals surface area contributed by atoms with Gasteiger partial charge in [-0.05, 0) is 19.9 Å². The Bertz CT molecular complexity index is 469. The Morgan fingerprint density at radius 2 is 2.07 bits per heavy atom. The summed E-state index contributed by atoms with van der Waals surface area (Å²) in [7, 11) is 0. The third-order valence-electron chi connectivity index (χ3n) is 1.73. The Hall–Kier alpha value is -1.91. The van der Waals surface area contributed by atoms with Crippen LogP contribution in [0.1, 0.15) is 29.5 Å². The molecule has 15 heavy (non-hydrogen) atoms. The van der Waals surface area contributed by atoms with Gasteiger partial charge in [0.1, 0.15) is 11.5 Å². The number of carbonyl (C=O) groups is 2. The number of hydrogen-bond acceptors (Lipinski definition) is 5. The van der Waals surface area contributed by atoms with E-state index in [1.807, 2.05) is 0 Å². The molecule has 0 aliphatic heterocycles. The first kappa shape index (κ1) is 11.2. The van der Waals surface area contributed by atoms with E-state index in [4.69, 9.17) is 0 Å². The summed E-state index contributed by atoms with van der Waals surface area (Å²) < 4.78 is 4.60. The van der Waals surface area contributed by atoms with E-state index >= 15 is 0 Å². The minimum absolute atomic E-state index is 0.143. The monoisotopic (exact) mass is 209 g/mol. The lowest BCUT2D eigenvalue weighted by Crippen LogP contribution is -2.19. The van der Waals surface area contributed by atoms with Gasteiger partial charge < -0.3 is 9.52 Å². The molecule has 0 amide bonds. The van der Waals surface area contributed by atoms with Crippen LogP contribution in [-0.2, 0) is 4.79 Å². The van der Waals surface area contributed by atoms with E-state index in [9.17, 15) is 19.5 Å².